The van der Waals surface area contributed by atoms with Crippen molar-refractivity contribution >= 4 is 11.9 Å². The third-order valence-corrected chi connectivity index (χ3v) is 5.76. The summed E-state index contributed by atoms with van der Waals surface area (Å²) < 4.78 is 52.6. The van der Waals surface area contributed by atoms with Crippen LogP contribution in [0.15, 0.2) is 18.3 Å². The number of rotatable bonds is 8. The van der Waals surface area contributed by atoms with Gasteiger partial charge in [-0.2, -0.15) is 0 Å². The lowest BCUT2D eigenvalue weighted by atomic mass is 9.80. The molecule has 1 saturated heterocycles. The van der Waals surface area contributed by atoms with Crippen LogP contribution in [0.2, 0.25) is 0 Å². The van der Waals surface area contributed by atoms with Gasteiger partial charge in [-0.05, 0) is 71.4 Å². The van der Waals surface area contributed by atoms with Gasteiger partial charge in [0.25, 0.3) is 5.88 Å². The van der Waals surface area contributed by atoms with Crippen molar-refractivity contribution < 1.29 is 37.0 Å². The van der Waals surface area contributed by atoms with Gasteiger partial charge in [-0.15, -0.1) is 13.2 Å². The molecule has 1 fully saturated rings. The third kappa shape index (κ3) is 8.68. The first kappa shape index (κ1) is 27.7. The van der Waals surface area contributed by atoms with Crippen molar-refractivity contribution in [2.75, 3.05) is 19.7 Å². The highest BCUT2D eigenvalue weighted by Gasteiger charge is 2.35. The van der Waals surface area contributed by atoms with Crippen molar-refractivity contribution in [1.29, 1.82) is 0 Å². The minimum atomic E-state index is -4.87. The number of carbonyl (C=O) groups is 2. The minimum Gasteiger partial charge on any atom is -0.474 e. The Balaban J connectivity index is 1.86. The fourth-order valence-electron chi connectivity index (χ4n) is 3.79. The summed E-state index contributed by atoms with van der Waals surface area (Å²) >= 11 is 0. The van der Waals surface area contributed by atoms with Crippen molar-refractivity contribution in [3.8, 4) is 11.6 Å². The highest BCUT2D eigenvalue weighted by Crippen LogP contribution is 2.33. The van der Waals surface area contributed by atoms with Gasteiger partial charge in [0.2, 0.25) is 0 Å². The van der Waals surface area contributed by atoms with Gasteiger partial charge in [-0.25, -0.2) is 9.78 Å². The zero-order valence-electron chi connectivity index (χ0n) is 20.7. The summed E-state index contributed by atoms with van der Waals surface area (Å²) in [4.78, 5) is 30.7. The van der Waals surface area contributed by atoms with E-state index >= 15 is 0 Å². The molecule has 0 bridgehead atoms. The number of ether oxygens (including phenoxy) is 3. The van der Waals surface area contributed by atoms with Crippen molar-refractivity contribution in [3.05, 3.63) is 18.3 Å². The van der Waals surface area contributed by atoms with Gasteiger partial charge in [0, 0.05) is 25.7 Å². The summed E-state index contributed by atoms with van der Waals surface area (Å²) in [5.41, 5.74) is -1.47. The lowest BCUT2D eigenvalue weighted by molar-refractivity contribution is -0.275. The maximum Gasteiger partial charge on any atom is 0.573 e. The second-order valence-corrected chi connectivity index (χ2v) is 10.4. The molecule has 0 radical (unpaired) electrons. The van der Waals surface area contributed by atoms with E-state index in [9.17, 15) is 22.8 Å². The molecule has 2 rings (SSSR count). The van der Waals surface area contributed by atoms with Crippen LogP contribution >= 0.6 is 0 Å². The van der Waals surface area contributed by atoms with Crippen LogP contribution in [0.1, 0.15) is 60.8 Å². The number of hydrogen-bond acceptors (Lipinski definition) is 6. The predicted octanol–water partition coefficient (Wildman–Crippen LogP) is 5.63. The van der Waals surface area contributed by atoms with Crippen LogP contribution in [0.3, 0.4) is 0 Å². The van der Waals surface area contributed by atoms with E-state index < -0.39 is 23.1 Å². The topological polar surface area (TPSA) is 78.0 Å². The average molecular weight is 489 g/mol. The molecule has 2 heterocycles. The number of likely N-dealkylation sites (tertiary alicyclic amines) is 1. The summed E-state index contributed by atoms with van der Waals surface area (Å²) in [6.45, 7) is 11.9. The summed E-state index contributed by atoms with van der Waals surface area (Å²) in [7, 11) is 0. The zero-order chi connectivity index (χ0) is 25.7. The molecular formula is C24H35F3N2O5. The van der Waals surface area contributed by atoms with Gasteiger partial charge in [0.1, 0.15) is 18.0 Å². The molecule has 1 aromatic heterocycles. The van der Waals surface area contributed by atoms with Crippen molar-refractivity contribution in [3.63, 3.8) is 0 Å². The van der Waals surface area contributed by atoms with E-state index in [0.29, 0.717) is 25.9 Å². The predicted molar refractivity (Wildman–Crippen MR) is 120 cm³/mol. The van der Waals surface area contributed by atoms with E-state index in [0.717, 1.165) is 12.5 Å². The molecule has 1 aliphatic heterocycles. The summed E-state index contributed by atoms with van der Waals surface area (Å²) in [5.74, 6) is -0.429. The average Bonchev–Trinajstić information content (AvgIpc) is 2.69. The molecule has 1 aliphatic rings. The number of nitrogens with zero attached hydrogens (tertiary/aromatic N) is 2. The molecule has 1 aromatic rings. The lowest BCUT2D eigenvalue weighted by Crippen LogP contribution is -2.45. The highest BCUT2D eigenvalue weighted by atomic mass is 19.4. The number of ketones is 1. The molecule has 10 heteroatoms. The monoisotopic (exact) mass is 488 g/mol. The van der Waals surface area contributed by atoms with E-state index in [-0.39, 0.29) is 36.2 Å². The quantitative estimate of drug-likeness (QED) is 0.472. The number of alkyl halides is 3. The largest absolute Gasteiger partial charge is 0.573 e. The van der Waals surface area contributed by atoms with E-state index in [1.165, 1.54) is 12.3 Å². The number of aromatic nitrogens is 1. The Morgan fingerprint density at radius 3 is 2.44 bits per heavy atom. The van der Waals surface area contributed by atoms with Crippen LogP contribution in [0.4, 0.5) is 18.0 Å². The molecule has 1 amide bonds. The first-order valence-electron chi connectivity index (χ1n) is 11.4. The fourth-order valence-corrected chi connectivity index (χ4v) is 3.79. The number of halogens is 3. The molecule has 0 unspecified atom stereocenters. The normalized spacial score (nSPS) is 19.5. The number of amides is 1. The Hall–Kier alpha value is -2.52. The van der Waals surface area contributed by atoms with Gasteiger partial charge >= 0.3 is 12.5 Å². The van der Waals surface area contributed by atoms with E-state index in [1.54, 1.807) is 18.7 Å². The van der Waals surface area contributed by atoms with Crippen LogP contribution in [-0.4, -0.2) is 53.4 Å². The zero-order valence-corrected chi connectivity index (χ0v) is 20.7. The molecule has 0 aromatic carbocycles. The molecule has 34 heavy (non-hydrogen) atoms. The van der Waals surface area contributed by atoms with E-state index in [1.807, 2.05) is 20.8 Å². The molecule has 0 spiro atoms. The SMILES string of the molecule is C[C@@H]1CN(C(=O)OC(C)(C)C)CC[C@H]1CCC(=O)C(C)(C)COc1ncccc1OC(F)(F)F. The van der Waals surface area contributed by atoms with Crippen LogP contribution in [0.5, 0.6) is 11.6 Å². The van der Waals surface area contributed by atoms with Gasteiger partial charge < -0.3 is 19.1 Å². The standard InChI is InChI=1S/C24H35F3N2O5/c1-16-14-29(21(31)34-22(2,3)4)13-11-17(16)9-10-19(30)23(5,6)15-32-20-18(8-7-12-28-20)33-24(25,26)27/h7-8,12,16-17H,9-11,13-15H2,1-6H3/t16-,17-/m1/s1. The van der Waals surface area contributed by atoms with Gasteiger partial charge in [0.15, 0.2) is 5.75 Å². The van der Waals surface area contributed by atoms with Crippen LogP contribution in [0.25, 0.3) is 0 Å². The number of Topliss-reactive ketones (excluding diaryl/α,β-unsaturated/α-hetero) is 1. The Morgan fingerprint density at radius 1 is 1.18 bits per heavy atom. The third-order valence-electron chi connectivity index (χ3n) is 5.76. The van der Waals surface area contributed by atoms with Crippen molar-refractivity contribution in [1.82, 2.24) is 9.88 Å². The van der Waals surface area contributed by atoms with Crippen molar-refractivity contribution in [2.24, 2.45) is 17.3 Å². The van der Waals surface area contributed by atoms with Gasteiger partial charge in [-0.1, -0.05) is 6.92 Å². The van der Waals surface area contributed by atoms with Crippen molar-refractivity contribution in [2.45, 2.75) is 72.8 Å². The second-order valence-electron chi connectivity index (χ2n) is 10.4. The van der Waals surface area contributed by atoms with Crippen LogP contribution in [0, 0.1) is 17.3 Å². The number of piperidine rings is 1. The van der Waals surface area contributed by atoms with Crippen LogP contribution < -0.4 is 9.47 Å². The summed E-state index contributed by atoms with van der Waals surface area (Å²) in [5, 5.41) is 0. The highest BCUT2D eigenvalue weighted by molar-refractivity contribution is 5.84. The Morgan fingerprint density at radius 2 is 1.85 bits per heavy atom. The van der Waals surface area contributed by atoms with Gasteiger partial charge in [-0.3, -0.25) is 4.79 Å². The maximum atomic E-state index is 12.9. The number of carbonyl (C=O) groups excluding carboxylic acids is 2. The molecule has 0 saturated carbocycles. The van der Waals surface area contributed by atoms with Crippen LogP contribution in [-0.2, 0) is 9.53 Å². The summed E-state index contributed by atoms with van der Waals surface area (Å²) in [6, 6.07) is 2.41. The molecular weight excluding hydrogens is 453 g/mol. The molecule has 0 N–H and O–H groups in total. The van der Waals surface area contributed by atoms with E-state index in [2.05, 4.69) is 16.6 Å². The van der Waals surface area contributed by atoms with E-state index in [4.69, 9.17) is 9.47 Å². The number of hydrogen-bond donors (Lipinski definition) is 0. The Labute approximate surface area is 198 Å². The molecule has 0 aliphatic carbocycles. The summed E-state index contributed by atoms with van der Waals surface area (Å²) in [6.07, 6.45) is -2.16. The Kier molecular flexibility index (Phi) is 8.82. The molecule has 192 valence electrons. The number of pyridine rings is 1. The molecule has 7 nitrogen and oxygen atoms in total. The first-order valence-corrected chi connectivity index (χ1v) is 11.4. The second kappa shape index (κ2) is 10.8. The fraction of sp³-hybridized carbons (Fsp3) is 0.708. The Bertz CT molecular complexity index is 852. The smallest absolute Gasteiger partial charge is 0.474 e. The lowest BCUT2D eigenvalue weighted by Gasteiger charge is -2.38. The minimum absolute atomic E-state index is 0.0523. The first-order chi connectivity index (χ1) is 15.6. The molecule has 2 atom stereocenters. The van der Waals surface area contributed by atoms with Gasteiger partial charge in [0.05, 0.1) is 5.41 Å². The maximum absolute atomic E-state index is 12.9.